The highest BCUT2D eigenvalue weighted by molar-refractivity contribution is 7.89. The molecule has 40 heavy (non-hydrogen) atoms. The minimum atomic E-state index is -4.37. The standard InChI is InChI=1S/C28H31F3N4O3S2/c1-38-25-16-20(40(32,36)37)9-10-23(25)33-13-3-6-26-22(17-28(29,30)31)21-4-2-5-24(27(21)39-26)34-18-11-14-35(15-12-18)19-7-8-19/h2,4-5,9-10,16,18-19,33-34H,7-8,11-15,17H2,1H3,(H2,32,36,37). The summed E-state index contributed by atoms with van der Waals surface area (Å²) < 4.78 is 70.0. The molecule has 2 aliphatic rings. The van der Waals surface area contributed by atoms with E-state index in [0.29, 0.717) is 16.0 Å². The highest BCUT2D eigenvalue weighted by Crippen LogP contribution is 2.40. The first-order valence-corrected chi connectivity index (χ1v) is 15.4. The molecule has 2 fully saturated rings. The number of nitrogens with zero attached hydrogens (tertiary/aromatic N) is 1. The second-order valence-electron chi connectivity index (χ2n) is 10.1. The number of rotatable bonds is 8. The van der Waals surface area contributed by atoms with Crippen LogP contribution in [-0.4, -0.2) is 58.3 Å². The van der Waals surface area contributed by atoms with E-state index in [1.807, 2.05) is 6.07 Å². The maximum Gasteiger partial charge on any atom is 0.393 e. The number of anilines is 2. The van der Waals surface area contributed by atoms with E-state index in [1.165, 1.54) is 49.5 Å². The predicted octanol–water partition coefficient (Wildman–Crippen LogP) is 5.16. The minimum Gasteiger partial charge on any atom is -0.495 e. The molecule has 0 atom stereocenters. The van der Waals surface area contributed by atoms with Crippen LogP contribution in [0.1, 0.15) is 36.1 Å². The van der Waals surface area contributed by atoms with Gasteiger partial charge in [-0.25, -0.2) is 13.6 Å². The first-order chi connectivity index (χ1) is 19.0. The van der Waals surface area contributed by atoms with E-state index >= 15 is 0 Å². The number of ether oxygens (including phenoxy) is 1. The fourth-order valence-corrected chi connectivity index (χ4v) is 6.79. The summed E-state index contributed by atoms with van der Waals surface area (Å²) in [6, 6.07) is 10.6. The lowest BCUT2D eigenvalue weighted by Gasteiger charge is -2.33. The Hall–Kier alpha value is -2.98. The van der Waals surface area contributed by atoms with Crippen molar-refractivity contribution in [1.82, 2.24) is 4.90 Å². The van der Waals surface area contributed by atoms with E-state index in [0.717, 1.165) is 42.4 Å². The summed E-state index contributed by atoms with van der Waals surface area (Å²) in [5.74, 6) is 6.11. The zero-order valence-electron chi connectivity index (χ0n) is 22.0. The molecule has 3 aromatic rings. The summed E-state index contributed by atoms with van der Waals surface area (Å²) in [5, 5.41) is 12.4. The molecule has 1 aliphatic carbocycles. The number of alkyl halides is 3. The summed E-state index contributed by atoms with van der Waals surface area (Å²) >= 11 is 1.27. The Balaban J connectivity index is 1.36. The lowest BCUT2D eigenvalue weighted by Crippen LogP contribution is -2.40. The van der Waals surface area contributed by atoms with E-state index in [4.69, 9.17) is 9.88 Å². The van der Waals surface area contributed by atoms with Gasteiger partial charge in [-0.1, -0.05) is 24.0 Å². The molecule has 1 saturated carbocycles. The number of piperidine rings is 1. The van der Waals surface area contributed by atoms with E-state index < -0.39 is 22.6 Å². The molecule has 0 bridgehead atoms. The van der Waals surface area contributed by atoms with Gasteiger partial charge in [-0.2, -0.15) is 13.2 Å². The van der Waals surface area contributed by atoms with Gasteiger partial charge in [-0.15, -0.1) is 11.3 Å². The van der Waals surface area contributed by atoms with Crippen LogP contribution in [0.4, 0.5) is 24.5 Å². The van der Waals surface area contributed by atoms with Crippen molar-refractivity contribution < 1.29 is 26.3 Å². The zero-order valence-corrected chi connectivity index (χ0v) is 23.6. The fourth-order valence-electron chi connectivity index (χ4n) is 5.09. The van der Waals surface area contributed by atoms with Crippen LogP contribution in [0, 0.1) is 11.8 Å². The van der Waals surface area contributed by atoms with Crippen LogP contribution < -0.4 is 20.5 Å². The number of methoxy groups -OCH3 is 1. The van der Waals surface area contributed by atoms with E-state index in [2.05, 4.69) is 27.4 Å². The van der Waals surface area contributed by atoms with Crippen molar-refractivity contribution in [2.45, 2.75) is 55.3 Å². The normalized spacial score (nSPS) is 16.9. The lowest BCUT2D eigenvalue weighted by molar-refractivity contribution is -0.126. The molecule has 0 spiro atoms. The van der Waals surface area contributed by atoms with E-state index in [1.54, 1.807) is 12.1 Å². The number of nitrogens with two attached hydrogens (primary N) is 1. The third kappa shape index (κ3) is 6.83. The second-order valence-corrected chi connectivity index (χ2v) is 12.7. The van der Waals surface area contributed by atoms with Gasteiger partial charge in [0.1, 0.15) is 5.75 Å². The zero-order chi connectivity index (χ0) is 28.5. The Labute approximate surface area is 235 Å². The number of primary sulfonamides is 1. The molecule has 2 aromatic carbocycles. The Kier molecular flexibility index (Phi) is 8.20. The van der Waals surface area contributed by atoms with Crippen LogP contribution in [0.3, 0.4) is 0 Å². The number of hydrogen-bond acceptors (Lipinski definition) is 7. The van der Waals surface area contributed by atoms with Crippen LogP contribution >= 0.6 is 11.3 Å². The van der Waals surface area contributed by atoms with Crippen LogP contribution in [0.5, 0.6) is 5.75 Å². The molecule has 7 nitrogen and oxygen atoms in total. The molecule has 12 heteroatoms. The van der Waals surface area contributed by atoms with Crippen molar-refractivity contribution in [1.29, 1.82) is 0 Å². The van der Waals surface area contributed by atoms with Crippen molar-refractivity contribution in [3.63, 3.8) is 0 Å². The number of fused-ring (bicyclic) bond motifs is 1. The number of halogens is 3. The first-order valence-electron chi connectivity index (χ1n) is 13.1. The number of benzene rings is 2. The topological polar surface area (TPSA) is 96.7 Å². The predicted molar refractivity (Wildman–Crippen MR) is 153 cm³/mol. The molecular formula is C28H31F3N4O3S2. The summed E-state index contributed by atoms with van der Waals surface area (Å²) in [4.78, 5) is 2.82. The lowest BCUT2D eigenvalue weighted by atomic mass is 10.0. The van der Waals surface area contributed by atoms with Gasteiger partial charge in [0.2, 0.25) is 10.0 Å². The summed E-state index contributed by atoms with van der Waals surface area (Å²) in [7, 11) is -2.51. The molecule has 1 aromatic heterocycles. The second kappa shape index (κ2) is 11.5. The van der Waals surface area contributed by atoms with Crippen molar-refractivity contribution in [2.24, 2.45) is 5.14 Å². The van der Waals surface area contributed by atoms with Crippen molar-refractivity contribution in [3.05, 3.63) is 46.8 Å². The molecule has 0 radical (unpaired) electrons. The Morgan fingerprint density at radius 3 is 2.52 bits per heavy atom. The van der Waals surface area contributed by atoms with Crippen LogP contribution in [0.15, 0.2) is 41.3 Å². The fraction of sp³-hybridized carbons (Fsp3) is 0.429. The number of thiophene rings is 1. The summed E-state index contributed by atoms with van der Waals surface area (Å²) in [6.07, 6.45) is -0.850. The van der Waals surface area contributed by atoms with Crippen molar-refractivity contribution >= 4 is 42.8 Å². The average molecular weight is 593 g/mol. The maximum atomic E-state index is 13.6. The van der Waals surface area contributed by atoms with Crippen molar-refractivity contribution in [2.75, 3.05) is 37.4 Å². The largest absolute Gasteiger partial charge is 0.495 e. The maximum absolute atomic E-state index is 13.6. The SMILES string of the molecule is COc1cc(S(N)(=O)=O)ccc1NCC#Cc1sc2c(NC3CCN(C4CC4)CC3)cccc2c1CC(F)(F)F. The molecule has 0 amide bonds. The highest BCUT2D eigenvalue weighted by Gasteiger charge is 2.33. The highest BCUT2D eigenvalue weighted by atomic mass is 32.2. The smallest absolute Gasteiger partial charge is 0.393 e. The quantitative estimate of drug-likeness (QED) is 0.313. The first kappa shape index (κ1) is 28.5. The number of sulfonamides is 1. The van der Waals surface area contributed by atoms with Gasteiger partial charge >= 0.3 is 6.18 Å². The Bertz CT molecular complexity index is 1550. The minimum absolute atomic E-state index is 0.0964. The van der Waals surface area contributed by atoms with Crippen LogP contribution in [-0.2, 0) is 16.4 Å². The Morgan fingerprint density at radius 2 is 1.88 bits per heavy atom. The summed E-state index contributed by atoms with van der Waals surface area (Å²) in [5.41, 5.74) is 1.51. The molecule has 4 N–H and O–H groups in total. The van der Waals surface area contributed by atoms with Gasteiger partial charge in [0.05, 0.1) is 45.9 Å². The third-order valence-electron chi connectivity index (χ3n) is 7.22. The average Bonchev–Trinajstić information content (AvgIpc) is 3.69. The van der Waals surface area contributed by atoms with Gasteiger partial charge in [0, 0.05) is 31.2 Å². The van der Waals surface area contributed by atoms with E-state index in [-0.39, 0.29) is 28.8 Å². The number of likely N-dealkylation sites (tertiary alicyclic amines) is 1. The molecule has 2 heterocycles. The van der Waals surface area contributed by atoms with Gasteiger partial charge in [0.15, 0.2) is 0 Å². The Morgan fingerprint density at radius 1 is 1.12 bits per heavy atom. The van der Waals surface area contributed by atoms with E-state index in [9.17, 15) is 21.6 Å². The third-order valence-corrected chi connectivity index (χ3v) is 9.33. The van der Waals surface area contributed by atoms with Crippen molar-refractivity contribution in [3.8, 4) is 17.6 Å². The van der Waals surface area contributed by atoms with Gasteiger partial charge < -0.3 is 20.3 Å². The molecule has 1 aliphatic heterocycles. The van der Waals surface area contributed by atoms with Crippen LogP contribution in [0.2, 0.25) is 0 Å². The van der Waals surface area contributed by atoms with Gasteiger partial charge in [-0.05, 0) is 54.8 Å². The number of hydrogen-bond donors (Lipinski definition) is 3. The van der Waals surface area contributed by atoms with Crippen LogP contribution in [0.25, 0.3) is 10.1 Å². The molecule has 0 unspecified atom stereocenters. The summed E-state index contributed by atoms with van der Waals surface area (Å²) in [6.45, 7) is 2.19. The molecular weight excluding hydrogens is 561 g/mol. The monoisotopic (exact) mass is 592 g/mol. The van der Waals surface area contributed by atoms with Gasteiger partial charge in [-0.3, -0.25) is 0 Å². The number of nitrogens with one attached hydrogen (secondary N) is 2. The molecule has 5 rings (SSSR count). The molecule has 1 saturated heterocycles. The molecule has 214 valence electrons. The van der Waals surface area contributed by atoms with Gasteiger partial charge in [0.25, 0.3) is 0 Å².